The number of ketones is 1. The summed E-state index contributed by atoms with van der Waals surface area (Å²) in [4.78, 5) is 31.6. The van der Waals surface area contributed by atoms with E-state index in [0.717, 1.165) is 36.3 Å². The van der Waals surface area contributed by atoms with Crippen molar-refractivity contribution in [1.29, 1.82) is 0 Å². The summed E-state index contributed by atoms with van der Waals surface area (Å²) >= 11 is 0. The van der Waals surface area contributed by atoms with Crippen molar-refractivity contribution in [3.63, 3.8) is 0 Å². The van der Waals surface area contributed by atoms with Crippen molar-refractivity contribution < 1.29 is 23.8 Å². The molecule has 34 heavy (non-hydrogen) atoms. The molecule has 1 amide bonds. The van der Waals surface area contributed by atoms with Crippen molar-refractivity contribution in [2.24, 2.45) is 5.41 Å². The Balaban J connectivity index is 1.57. The number of Topliss-reactive ketones (excluding diaryl/α,β-unsaturated/α-hetero) is 1. The maximum atomic E-state index is 13.3. The van der Waals surface area contributed by atoms with Crippen molar-refractivity contribution in [2.75, 3.05) is 47.1 Å². The van der Waals surface area contributed by atoms with Crippen LogP contribution in [0.3, 0.4) is 0 Å². The molecule has 2 aromatic rings. The van der Waals surface area contributed by atoms with Gasteiger partial charge in [0.2, 0.25) is 0 Å². The second kappa shape index (κ2) is 9.80. The number of ether oxygens (including phenoxy) is 3. The first-order chi connectivity index (χ1) is 16.2. The highest BCUT2D eigenvalue weighted by Gasteiger charge is 2.35. The molecule has 2 aliphatic rings. The van der Waals surface area contributed by atoms with E-state index in [4.69, 9.17) is 14.2 Å². The zero-order valence-electron chi connectivity index (χ0n) is 20.7. The molecule has 0 bridgehead atoms. The molecule has 184 valence electrons. The Labute approximate surface area is 200 Å². The standard InChI is InChI=1S/C26H35N3O5/c1-16-23-18(13-26(2,3)14-20(23)30)28-24(16)25(31)27-15-19(29-8-10-34-11-9-29)17-6-7-21(32-4)22(12-17)33-5/h6-7,12,19,28H,8-11,13-15H2,1-5H3,(H,27,31)/t19-/m1/s1. The average molecular weight is 470 g/mol. The van der Waals surface area contributed by atoms with Gasteiger partial charge in [0.25, 0.3) is 5.91 Å². The third-order valence-corrected chi connectivity index (χ3v) is 6.86. The number of morpholine rings is 1. The van der Waals surface area contributed by atoms with Gasteiger partial charge in [-0.15, -0.1) is 0 Å². The van der Waals surface area contributed by atoms with Crippen LogP contribution in [0.2, 0.25) is 0 Å². The monoisotopic (exact) mass is 469 g/mol. The molecule has 1 aromatic carbocycles. The highest BCUT2D eigenvalue weighted by Crippen LogP contribution is 2.37. The molecule has 2 N–H and O–H groups in total. The number of hydrogen-bond acceptors (Lipinski definition) is 6. The first-order valence-corrected chi connectivity index (χ1v) is 11.8. The van der Waals surface area contributed by atoms with Crippen LogP contribution >= 0.6 is 0 Å². The Hall–Kier alpha value is -2.84. The predicted octanol–water partition coefficient (Wildman–Crippen LogP) is 3.30. The number of H-pyrrole nitrogens is 1. The van der Waals surface area contributed by atoms with Gasteiger partial charge >= 0.3 is 0 Å². The zero-order valence-corrected chi connectivity index (χ0v) is 20.7. The first-order valence-electron chi connectivity index (χ1n) is 11.8. The van der Waals surface area contributed by atoms with E-state index < -0.39 is 0 Å². The summed E-state index contributed by atoms with van der Waals surface area (Å²) < 4.78 is 16.4. The number of benzene rings is 1. The van der Waals surface area contributed by atoms with Gasteiger partial charge in [-0.3, -0.25) is 14.5 Å². The summed E-state index contributed by atoms with van der Waals surface area (Å²) in [6.45, 7) is 9.28. The van der Waals surface area contributed by atoms with Gasteiger partial charge in [0.05, 0.1) is 33.5 Å². The van der Waals surface area contributed by atoms with E-state index in [1.54, 1.807) is 14.2 Å². The van der Waals surface area contributed by atoms with Crippen LogP contribution in [0.5, 0.6) is 11.5 Å². The summed E-state index contributed by atoms with van der Waals surface area (Å²) in [5.74, 6) is 1.22. The number of hydrogen-bond donors (Lipinski definition) is 2. The average Bonchev–Trinajstić information content (AvgIpc) is 3.14. The van der Waals surface area contributed by atoms with E-state index >= 15 is 0 Å². The van der Waals surface area contributed by atoms with Gasteiger partial charge in [0.15, 0.2) is 17.3 Å². The van der Waals surface area contributed by atoms with Crippen LogP contribution in [0.1, 0.15) is 64.0 Å². The second-order valence-electron chi connectivity index (χ2n) is 9.91. The van der Waals surface area contributed by atoms with E-state index in [1.807, 2.05) is 25.1 Å². The number of amides is 1. The maximum absolute atomic E-state index is 13.3. The minimum Gasteiger partial charge on any atom is -0.493 e. The summed E-state index contributed by atoms with van der Waals surface area (Å²) in [5, 5.41) is 3.11. The molecule has 1 saturated heterocycles. The Morgan fingerprint density at radius 2 is 1.88 bits per heavy atom. The molecule has 8 heteroatoms. The Kier molecular flexibility index (Phi) is 7.00. The normalized spacial score (nSPS) is 18.8. The minimum absolute atomic E-state index is 0.0573. The van der Waals surface area contributed by atoms with Gasteiger partial charge in [-0.25, -0.2) is 0 Å². The lowest BCUT2D eigenvalue weighted by Crippen LogP contribution is -2.44. The van der Waals surface area contributed by atoms with Crippen LogP contribution in [-0.2, 0) is 11.2 Å². The number of aromatic nitrogens is 1. The number of nitrogens with zero attached hydrogens (tertiary/aromatic N) is 1. The molecule has 4 rings (SSSR count). The van der Waals surface area contributed by atoms with Crippen molar-refractivity contribution in [1.82, 2.24) is 15.2 Å². The van der Waals surface area contributed by atoms with Crippen molar-refractivity contribution in [3.8, 4) is 11.5 Å². The number of nitrogens with one attached hydrogen (secondary N) is 2. The number of aromatic amines is 1. The van der Waals surface area contributed by atoms with E-state index in [9.17, 15) is 9.59 Å². The molecule has 0 saturated carbocycles. The van der Waals surface area contributed by atoms with Gasteiger partial charge in [-0.2, -0.15) is 0 Å². The molecule has 0 spiro atoms. The van der Waals surface area contributed by atoms with Crippen LogP contribution in [0.15, 0.2) is 18.2 Å². The third kappa shape index (κ3) is 4.83. The number of methoxy groups -OCH3 is 2. The number of carbonyl (C=O) groups is 2. The highest BCUT2D eigenvalue weighted by molar-refractivity contribution is 6.04. The van der Waals surface area contributed by atoms with Gasteiger partial charge < -0.3 is 24.5 Å². The lowest BCUT2D eigenvalue weighted by molar-refractivity contribution is 0.0161. The van der Waals surface area contributed by atoms with Gasteiger partial charge in [-0.1, -0.05) is 19.9 Å². The number of carbonyl (C=O) groups excluding carboxylic acids is 2. The maximum Gasteiger partial charge on any atom is 0.268 e. The molecule has 1 aliphatic heterocycles. The number of rotatable bonds is 7. The van der Waals surface area contributed by atoms with E-state index in [1.165, 1.54) is 0 Å². The van der Waals surface area contributed by atoms with Crippen LogP contribution in [0.4, 0.5) is 0 Å². The van der Waals surface area contributed by atoms with Gasteiger partial charge in [-0.05, 0) is 42.0 Å². The van der Waals surface area contributed by atoms with E-state index in [2.05, 4.69) is 29.0 Å². The van der Waals surface area contributed by atoms with Crippen molar-refractivity contribution in [2.45, 2.75) is 39.7 Å². The molecular weight excluding hydrogens is 434 g/mol. The molecule has 2 heterocycles. The summed E-state index contributed by atoms with van der Waals surface area (Å²) in [6, 6.07) is 5.80. The smallest absolute Gasteiger partial charge is 0.268 e. The molecule has 1 fully saturated rings. The fourth-order valence-corrected chi connectivity index (χ4v) is 5.14. The molecule has 8 nitrogen and oxygen atoms in total. The predicted molar refractivity (Wildman–Crippen MR) is 129 cm³/mol. The van der Waals surface area contributed by atoms with Crippen LogP contribution in [-0.4, -0.2) is 68.6 Å². The van der Waals surface area contributed by atoms with Crippen molar-refractivity contribution in [3.05, 3.63) is 46.3 Å². The van der Waals surface area contributed by atoms with Crippen LogP contribution < -0.4 is 14.8 Å². The Bertz CT molecular complexity index is 1070. The van der Waals surface area contributed by atoms with Crippen LogP contribution in [0.25, 0.3) is 0 Å². The molecule has 1 aromatic heterocycles. The molecular formula is C26H35N3O5. The van der Waals surface area contributed by atoms with Crippen LogP contribution in [0, 0.1) is 12.3 Å². The van der Waals surface area contributed by atoms with E-state index in [-0.39, 0.29) is 23.1 Å². The lowest BCUT2D eigenvalue weighted by Gasteiger charge is -2.35. The fourth-order valence-electron chi connectivity index (χ4n) is 5.14. The summed E-state index contributed by atoms with van der Waals surface area (Å²) in [7, 11) is 3.23. The summed E-state index contributed by atoms with van der Waals surface area (Å²) in [5.41, 5.74) is 3.69. The second-order valence-corrected chi connectivity index (χ2v) is 9.91. The largest absolute Gasteiger partial charge is 0.493 e. The minimum atomic E-state index is -0.198. The zero-order chi connectivity index (χ0) is 24.5. The Morgan fingerprint density at radius 1 is 1.18 bits per heavy atom. The SMILES string of the molecule is COc1ccc([C@@H](CNC(=O)c2[nH]c3c(c2C)C(=O)CC(C)(C)C3)N2CCOCC2)cc1OC. The molecule has 0 radical (unpaired) electrons. The topological polar surface area (TPSA) is 92.9 Å². The fraction of sp³-hybridized carbons (Fsp3) is 0.538. The van der Waals surface area contributed by atoms with Gasteiger partial charge in [0, 0.05) is 37.3 Å². The molecule has 1 aliphatic carbocycles. The lowest BCUT2D eigenvalue weighted by atomic mass is 9.75. The Morgan fingerprint density at radius 3 is 2.56 bits per heavy atom. The quantitative estimate of drug-likeness (QED) is 0.646. The summed E-state index contributed by atoms with van der Waals surface area (Å²) in [6.07, 6.45) is 1.25. The van der Waals surface area contributed by atoms with E-state index in [0.29, 0.717) is 48.9 Å². The molecule has 1 atom stereocenters. The van der Waals surface area contributed by atoms with Crippen molar-refractivity contribution >= 4 is 11.7 Å². The first kappa shape index (κ1) is 24.3. The number of fused-ring (bicyclic) bond motifs is 1. The third-order valence-electron chi connectivity index (χ3n) is 6.86. The molecule has 0 unspecified atom stereocenters. The van der Waals surface area contributed by atoms with Gasteiger partial charge in [0.1, 0.15) is 5.69 Å². The highest BCUT2D eigenvalue weighted by atomic mass is 16.5.